The van der Waals surface area contributed by atoms with Crippen molar-refractivity contribution in [1.82, 2.24) is 9.80 Å². The summed E-state index contributed by atoms with van der Waals surface area (Å²) in [6, 6.07) is 17.6. The highest BCUT2D eigenvalue weighted by molar-refractivity contribution is 8.01. The summed E-state index contributed by atoms with van der Waals surface area (Å²) < 4.78 is 120. The zero-order valence-electron chi connectivity index (χ0n) is 39.8. The van der Waals surface area contributed by atoms with E-state index in [2.05, 4.69) is 10.3 Å². The number of methoxy groups -OCH3 is 4. The summed E-state index contributed by atoms with van der Waals surface area (Å²) in [7, 11) is -6.78. The van der Waals surface area contributed by atoms with Crippen molar-refractivity contribution in [1.29, 1.82) is 0 Å². The number of hydrogen-bond donors (Lipinski definition) is 4. The minimum Gasteiger partial charge on any atom is -0.497 e. The van der Waals surface area contributed by atoms with Crippen LogP contribution in [0, 0.1) is 0 Å². The highest BCUT2D eigenvalue weighted by Gasteiger charge is 2.46. The average molecular weight is 1050 g/mol. The molecule has 4 aliphatic rings. The molecule has 0 radical (unpaired) electrons. The van der Waals surface area contributed by atoms with Crippen LogP contribution in [0.15, 0.2) is 90.2 Å². The molecule has 0 saturated carbocycles. The fourth-order valence-corrected chi connectivity index (χ4v) is 13.8. The maximum Gasteiger partial charge on any atom is 0.310 e. The number of hydrogen-bond acceptors (Lipinski definition) is 16. The van der Waals surface area contributed by atoms with Gasteiger partial charge in [-0.15, -0.1) is 0 Å². The first kappa shape index (κ1) is 51.9. The number of aliphatic hydroxyl groups excluding tert-OH is 1. The first-order valence-electron chi connectivity index (χ1n) is 22.9. The molecule has 0 spiro atoms. The average Bonchev–Trinajstić information content (AvgIpc) is 3.96. The summed E-state index contributed by atoms with van der Waals surface area (Å²) in [4.78, 5) is 35.0. The van der Waals surface area contributed by atoms with Crippen LogP contribution in [0.25, 0.3) is 11.1 Å². The number of nitrogens with one attached hydrogen (secondary N) is 1. The van der Waals surface area contributed by atoms with Crippen LogP contribution in [0.5, 0.6) is 34.5 Å². The molecule has 2 amide bonds. The fraction of sp³-hybridized carbons (Fsp3) is 0.367. The van der Waals surface area contributed by atoms with Crippen LogP contribution in [0.4, 0.5) is 11.4 Å². The smallest absolute Gasteiger partial charge is 0.310 e. The van der Waals surface area contributed by atoms with E-state index >= 15 is 0 Å². The summed E-state index contributed by atoms with van der Waals surface area (Å²) in [5.41, 5.74) is 2.94. The van der Waals surface area contributed by atoms with Gasteiger partial charge in [0.25, 0.3) is 21.9 Å². The van der Waals surface area contributed by atoms with E-state index in [1.165, 1.54) is 62.5 Å². The maximum absolute atomic E-state index is 14.3. The second-order valence-electron chi connectivity index (χ2n) is 17.5. The first-order chi connectivity index (χ1) is 34.4. The highest BCUT2D eigenvalue weighted by Crippen LogP contribution is 2.48. The third kappa shape index (κ3) is 11.0. The van der Waals surface area contributed by atoms with Crippen LogP contribution in [0.1, 0.15) is 63.9 Å². The Labute approximate surface area is 417 Å². The van der Waals surface area contributed by atoms with Crippen LogP contribution < -0.4 is 33.7 Å². The van der Waals surface area contributed by atoms with Crippen LogP contribution in [-0.4, -0.2) is 142 Å². The zero-order chi connectivity index (χ0) is 51.5. The van der Waals surface area contributed by atoms with Crippen molar-refractivity contribution < 1.29 is 73.6 Å². The monoisotopic (exact) mass is 1050 g/mol. The SMILES string of the molecule is COc1ccc(C2=CN3C(=O)c4cc(OC)c(OCCCP(=O)(CCCO)CCCOc5cc6c(cc5OC)C(=O)N5C=C(c7ccc(OC)cc7)C[C@H]5C(S(=O)(=O)O)N6)cc4N=C(S(=O)(=O)O)[C@@H]3C2)cc1. The molecular weight excluding hydrogens is 996 g/mol. The van der Waals surface area contributed by atoms with Gasteiger partial charge >= 0.3 is 10.1 Å². The van der Waals surface area contributed by atoms with Crippen LogP contribution in [-0.2, 0) is 24.8 Å². The standard InChI is InChI=1S/C49H55N4O16PS2/c1-64-34-12-8-30(9-13-34)32-22-40-46(71(58,59)60)50-38-26-44(42(66-3)24-36(38)48(55)52(40)28-32)68-17-6-20-70(57,19-5-16-54)21-7-18-69-45-27-39-37(25-43(45)67-4)49(56)53-29-33(31-10-14-35(65-2)15-11-31)23-41(53)47(51-39)72(61,62)63/h8-15,24-29,40-41,46,50,54H,5-7,16-23H2,1-4H3,(H,58,59,60)(H,61,62,63)/t40-,41-,46?,70?/m0/s1. The van der Waals surface area contributed by atoms with Crippen molar-refractivity contribution in [3.63, 3.8) is 0 Å². The van der Waals surface area contributed by atoms with Gasteiger partial charge in [0.2, 0.25) is 0 Å². The Hall–Kier alpha value is -6.42. The Morgan fingerprint density at radius 3 is 1.71 bits per heavy atom. The van der Waals surface area contributed by atoms with Gasteiger partial charge in [0.1, 0.15) is 11.5 Å². The predicted octanol–water partition coefficient (Wildman–Crippen LogP) is 6.79. The van der Waals surface area contributed by atoms with Gasteiger partial charge in [-0.05, 0) is 84.4 Å². The molecule has 4 atom stereocenters. The molecule has 20 nitrogen and oxygen atoms in total. The molecule has 0 fully saturated rings. The number of anilines is 1. The molecule has 0 aliphatic carbocycles. The normalized spacial score (nSPS) is 19.2. The van der Waals surface area contributed by atoms with E-state index in [1.54, 1.807) is 60.9 Å². The summed E-state index contributed by atoms with van der Waals surface area (Å²) >= 11 is 0. The van der Waals surface area contributed by atoms with Gasteiger partial charge in [-0.2, -0.15) is 16.8 Å². The summed E-state index contributed by atoms with van der Waals surface area (Å²) in [5, 5.41) is 10.3. The number of amides is 2. The number of fused-ring (bicyclic) bond motifs is 4. The zero-order valence-corrected chi connectivity index (χ0v) is 42.4. The van der Waals surface area contributed by atoms with Gasteiger partial charge in [-0.25, -0.2) is 4.99 Å². The largest absolute Gasteiger partial charge is 0.497 e. The van der Waals surface area contributed by atoms with Gasteiger partial charge in [-0.3, -0.25) is 18.7 Å². The Kier molecular flexibility index (Phi) is 15.4. The summed E-state index contributed by atoms with van der Waals surface area (Å²) in [5.74, 6) is 0.767. The van der Waals surface area contributed by atoms with Crippen molar-refractivity contribution in [2.24, 2.45) is 4.99 Å². The van der Waals surface area contributed by atoms with Gasteiger partial charge in [0.05, 0.1) is 83.4 Å². The number of carbonyl (C=O) groups excluding carboxylic acids is 2. The quantitative estimate of drug-likeness (QED) is 0.0403. The molecule has 4 aliphatic heterocycles. The number of ether oxygens (including phenoxy) is 6. The molecule has 23 heteroatoms. The molecular formula is C49H55N4O16PS2. The van der Waals surface area contributed by atoms with Gasteiger partial charge in [0, 0.05) is 56.0 Å². The highest BCUT2D eigenvalue weighted by atomic mass is 32.2. The molecule has 4 N–H and O–H groups in total. The molecule has 72 heavy (non-hydrogen) atoms. The van der Waals surface area contributed by atoms with Crippen LogP contribution in [0.3, 0.4) is 0 Å². The second-order valence-corrected chi connectivity index (χ2v) is 23.8. The number of benzene rings is 4. The van der Waals surface area contributed by atoms with E-state index in [1.807, 2.05) is 0 Å². The Balaban J connectivity index is 0.928. The molecule has 8 rings (SSSR count). The molecule has 4 heterocycles. The molecule has 4 aromatic rings. The Morgan fingerprint density at radius 2 is 1.18 bits per heavy atom. The van der Waals surface area contributed by atoms with Crippen molar-refractivity contribution in [3.05, 3.63) is 107 Å². The number of aliphatic hydroxyl groups is 1. The van der Waals surface area contributed by atoms with E-state index in [0.717, 1.165) is 11.1 Å². The molecule has 0 saturated heterocycles. The lowest BCUT2D eigenvalue weighted by Crippen LogP contribution is -2.46. The minimum atomic E-state index is -4.90. The lowest BCUT2D eigenvalue weighted by atomic mass is 10.0. The van der Waals surface area contributed by atoms with Crippen molar-refractivity contribution in [2.75, 3.05) is 72.1 Å². The van der Waals surface area contributed by atoms with Gasteiger partial charge in [0.15, 0.2) is 33.4 Å². The van der Waals surface area contributed by atoms with E-state index in [9.17, 15) is 45.2 Å². The van der Waals surface area contributed by atoms with Gasteiger partial charge in [-0.1, -0.05) is 24.3 Å². The van der Waals surface area contributed by atoms with E-state index in [-0.39, 0.29) is 103 Å². The van der Waals surface area contributed by atoms with Crippen molar-refractivity contribution >= 4 is 66.8 Å². The second kappa shape index (κ2) is 21.3. The Morgan fingerprint density at radius 1 is 0.667 bits per heavy atom. The number of rotatable bonds is 20. The van der Waals surface area contributed by atoms with Gasteiger partial charge < -0.3 is 53.2 Å². The molecule has 2 unspecified atom stereocenters. The number of carbonyl (C=O) groups is 2. The maximum atomic E-state index is 14.3. The summed E-state index contributed by atoms with van der Waals surface area (Å²) in [6.45, 7) is -0.106. The number of aliphatic imine (C=N–C) groups is 1. The summed E-state index contributed by atoms with van der Waals surface area (Å²) in [6.07, 6.45) is 4.87. The van der Waals surface area contributed by atoms with E-state index in [0.29, 0.717) is 35.5 Å². The van der Waals surface area contributed by atoms with Crippen LogP contribution >= 0.6 is 7.14 Å². The first-order valence-corrected chi connectivity index (χ1v) is 28.1. The fourth-order valence-electron chi connectivity index (χ4n) is 9.32. The van der Waals surface area contributed by atoms with Crippen LogP contribution in [0.2, 0.25) is 0 Å². The molecule has 0 aromatic heterocycles. The lowest BCUT2D eigenvalue weighted by Gasteiger charge is -2.26. The van der Waals surface area contributed by atoms with E-state index in [4.69, 9.17) is 28.4 Å². The lowest BCUT2D eigenvalue weighted by molar-refractivity contribution is 0.0788. The molecule has 0 bridgehead atoms. The number of nitrogens with zero attached hydrogens (tertiary/aromatic N) is 3. The van der Waals surface area contributed by atoms with Crippen molar-refractivity contribution in [2.45, 2.75) is 49.6 Å². The van der Waals surface area contributed by atoms with E-state index < -0.39 is 61.7 Å². The molecule has 4 aromatic carbocycles. The Bertz CT molecular complexity index is 3110. The topological polar surface area (TPSA) is 266 Å². The minimum absolute atomic E-state index is 0.0129. The third-order valence-electron chi connectivity index (χ3n) is 13.0. The third-order valence-corrected chi connectivity index (χ3v) is 18.3. The predicted molar refractivity (Wildman–Crippen MR) is 269 cm³/mol. The van der Waals surface area contributed by atoms with Crippen molar-refractivity contribution in [3.8, 4) is 34.5 Å². The molecule has 384 valence electrons.